The summed E-state index contributed by atoms with van der Waals surface area (Å²) in [4.78, 5) is 4.66. The lowest BCUT2D eigenvalue weighted by molar-refractivity contribution is 0.571. The van der Waals surface area contributed by atoms with Gasteiger partial charge >= 0.3 is 0 Å². The topological polar surface area (TPSA) is 26.0 Å². The largest absolute Gasteiger partial charge is 0.454 e. The minimum Gasteiger partial charge on any atom is -0.454 e. The zero-order chi connectivity index (χ0) is 12.8. The number of aromatic nitrogens is 1. The van der Waals surface area contributed by atoms with Crippen LogP contribution >= 0.6 is 11.3 Å². The van der Waals surface area contributed by atoms with Crippen molar-refractivity contribution in [1.82, 2.24) is 4.98 Å². The third kappa shape index (κ3) is 1.95. The molecule has 0 unspecified atom stereocenters. The van der Waals surface area contributed by atoms with Crippen LogP contribution in [0.5, 0.6) is 0 Å². The van der Waals surface area contributed by atoms with Gasteiger partial charge in [0.05, 0.1) is 5.69 Å². The van der Waals surface area contributed by atoms with E-state index < -0.39 is 0 Å². The molecule has 3 aromatic rings. The molecular formula is C15H14NOS. The predicted octanol–water partition coefficient (Wildman–Crippen LogP) is 4.65. The number of benzene rings is 1. The van der Waals surface area contributed by atoms with Gasteiger partial charge in [-0.25, -0.2) is 4.98 Å². The van der Waals surface area contributed by atoms with Crippen LogP contribution in [0.2, 0.25) is 0 Å². The summed E-state index contributed by atoms with van der Waals surface area (Å²) in [7, 11) is 0. The van der Waals surface area contributed by atoms with E-state index in [9.17, 15) is 0 Å². The maximum absolute atomic E-state index is 5.81. The van der Waals surface area contributed by atoms with E-state index >= 15 is 0 Å². The summed E-state index contributed by atoms with van der Waals surface area (Å²) in [5, 5.41) is 4.12. The zero-order valence-electron chi connectivity index (χ0n) is 10.7. The maximum atomic E-state index is 5.81. The molecule has 0 fully saturated rings. The summed E-state index contributed by atoms with van der Waals surface area (Å²) < 4.78 is 5.81. The fraction of sp³-hybridized carbons (Fsp3) is 0.267. The minimum atomic E-state index is 0.0779. The van der Waals surface area contributed by atoms with E-state index in [0.29, 0.717) is 0 Å². The molecule has 0 spiro atoms. The number of fused-ring (bicyclic) bond motifs is 1. The molecule has 3 heteroatoms. The molecule has 1 radical (unpaired) electrons. The molecule has 2 heterocycles. The second-order valence-electron chi connectivity index (χ2n) is 5.36. The molecule has 2 aromatic heterocycles. The normalized spacial score (nSPS) is 12.2. The Balaban J connectivity index is 2.06. The third-order valence-corrected chi connectivity index (χ3v) is 3.70. The molecule has 0 N–H and O–H groups in total. The van der Waals surface area contributed by atoms with Gasteiger partial charge in [0, 0.05) is 16.2 Å². The highest BCUT2D eigenvalue weighted by atomic mass is 32.1. The summed E-state index contributed by atoms with van der Waals surface area (Å²) >= 11 is 1.63. The smallest absolute Gasteiger partial charge is 0.164 e. The molecule has 0 amide bonds. The van der Waals surface area contributed by atoms with Crippen molar-refractivity contribution in [3.8, 4) is 10.8 Å². The number of hydrogen-bond donors (Lipinski definition) is 0. The molecule has 0 aliphatic carbocycles. The van der Waals surface area contributed by atoms with E-state index in [2.05, 4.69) is 37.2 Å². The van der Waals surface area contributed by atoms with Gasteiger partial charge in [0.25, 0.3) is 0 Å². The highest BCUT2D eigenvalue weighted by Gasteiger charge is 2.19. The number of rotatable bonds is 1. The van der Waals surface area contributed by atoms with Gasteiger partial charge in [0.15, 0.2) is 10.8 Å². The van der Waals surface area contributed by atoms with E-state index in [0.717, 1.165) is 27.4 Å². The summed E-state index contributed by atoms with van der Waals surface area (Å²) in [5.41, 5.74) is 2.07. The standard InChI is InChI=1S/C15H14NOS/c1-15(2,3)13-9-18-14(16-13)12-8-10-6-4-5-7-11(10)17-12/h5-9H,1-3H3. The molecule has 0 aliphatic rings. The van der Waals surface area contributed by atoms with Crippen LogP contribution in [-0.4, -0.2) is 4.98 Å². The van der Waals surface area contributed by atoms with Gasteiger partial charge in [-0.3, -0.25) is 0 Å². The Kier molecular flexibility index (Phi) is 2.52. The van der Waals surface area contributed by atoms with Crippen molar-refractivity contribution in [2.24, 2.45) is 0 Å². The number of nitrogens with zero attached hydrogens (tertiary/aromatic N) is 1. The zero-order valence-corrected chi connectivity index (χ0v) is 11.5. The van der Waals surface area contributed by atoms with E-state index in [1.165, 1.54) is 0 Å². The average Bonchev–Trinajstić information content (AvgIpc) is 2.94. The van der Waals surface area contributed by atoms with Crippen molar-refractivity contribution in [3.05, 3.63) is 41.4 Å². The van der Waals surface area contributed by atoms with Crippen molar-refractivity contribution >= 4 is 22.3 Å². The van der Waals surface area contributed by atoms with E-state index in [4.69, 9.17) is 4.42 Å². The van der Waals surface area contributed by atoms with Gasteiger partial charge in [-0.15, -0.1) is 11.3 Å². The first-order chi connectivity index (χ1) is 8.54. The Morgan fingerprint density at radius 3 is 2.83 bits per heavy atom. The minimum absolute atomic E-state index is 0.0779. The molecule has 0 saturated heterocycles. The fourth-order valence-electron chi connectivity index (χ4n) is 1.76. The number of thiazole rings is 1. The van der Waals surface area contributed by atoms with Crippen LogP contribution in [0.3, 0.4) is 0 Å². The van der Waals surface area contributed by atoms with E-state index in [1.807, 2.05) is 24.3 Å². The second-order valence-corrected chi connectivity index (χ2v) is 6.22. The summed E-state index contributed by atoms with van der Waals surface area (Å²) in [5.74, 6) is 0.838. The van der Waals surface area contributed by atoms with Crippen LogP contribution in [0.4, 0.5) is 0 Å². The molecule has 18 heavy (non-hydrogen) atoms. The van der Waals surface area contributed by atoms with Crippen molar-refractivity contribution in [3.63, 3.8) is 0 Å². The van der Waals surface area contributed by atoms with Crippen LogP contribution < -0.4 is 0 Å². The van der Waals surface area contributed by atoms with Gasteiger partial charge in [0.1, 0.15) is 5.58 Å². The maximum Gasteiger partial charge on any atom is 0.164 e. The Hall–Kier alpha value is -1.61. The molecule has 0 atom stereocenters. The monoisotopic (exact) mass is 256 g/mol. The Morgan fingerprint density at radius 2 is 2.17 bits per heavy atom. The molecule has 0 saturated carbocycles. The van der Waals surface area contributed by atoms with Crippen LogP contribution in [0.15, 0.2) is 34.1 Å². The first-order valence-corrected chi connectivity index (χ1v) is 6.78. The van der Waals surface area contributed by atoms with E-state index in [1.54, 1.807) is 11.3 Å². The first kappa shape index (κ1) is 11.5. The predicted molar refractivity (Wildman–Crippen MR) is 74.9 cm³/mol. The van der Waals surface area contributed by atoms with Crippen LogP contribution in [-0.2, 0) is 5.41 Å². The lowest BCUT2D eigenvalue weighted by atomic mass is 9.93. The highest BCUT2D eigenvalue weighted by molar-refractivity contribution is 7.13. The Bertz CT molecular complexity index is 655. The average molecular weight is 256 g/mol. The van der Waals surface area contributed by atoms with Crippen molar-refractivity contribution < 1.29 is 4.42 Å². The summed E-state index contributed by atoms with van der Waals surface area (Å²) in [6.07, 6.45) is 0. The summed E-state index contributed by atoms with van der Waals surface area (Å²) in [6, 6.07) is 10.8. The van der Waals surface area contributed by atoms with Gasteiger partial charge in [-0.2, -0.15) is 0 Å². The van der Waals surface area contributed by atoms with Gasteiger partial charge in [-0.05, 0) is 24.3 Å². The molecule has 1 aromatic carbocycles. The molecule has 0 aliphatic heterocycles. The van der Waals surface area contributed by atoms with Gasteiger partial charge in [-0.1, -0.05) is 26.8 Å². The lowest BCUT2D eigenvalue weighted by Crippen LogP contribution is -2.11. The summed E-state index contributed by atoms with van der Waals surface area (Å²) in [6.45, 7) is 6.50. The van der Waals surface area contributed by atoms with Crippen molar-refractivity contribution in [1.29, 1.82) is 0 Å². The highest BCUT2D eigenvalue weighted by Crippen LogP contribution is 2.32. The SMILES string of the molecule is CC(C)(C)c1csc(-c2cc3c[c]ccc3o2)n1. The van der Waals surface area contributed by atoms with Crippen molar-refractivity contribution in [2.75, 3.05) is 0 Å². The van der Waals surface area contributed by atoms with Gasteiger partial charge < -0.3 is 4.42 Å². The molecule has 2 nitrogen and oxygen atoms in total. The molecule has 91 valence electrons. The fourth-order valence-corrected chi connectivity index (χ4v) is 2.76. The molecule has 0 bridgehead atoms. The Labute approximate surface area is 110 Å². The molecular weight excluding hydrogens is 242 g/mol. The van der Waals surface area contributed by atoms with Crippen molar-refractivity contribution in [2.45, 2.75) is 26.2 Å². The number of hydrogen-bond acceptors (Lipinski definition) is 3. The lowest BCUT2D eigenvalue weighted by Gasteiger charge is -2.13. The van der Waals surface area contributed by atoms with Crippen LogP contribution in [0.25, 0.3) is 21.7 Å². The Morgan fingerprint density at radius 1 is 1.33 bits per heavy atom. The van der Waals surface area contributed by atoms with Crippen LogP contribution in [0.1, 0.15) is 26.5 Å². The number of furan rings is 1. The van der Waals surface area contributed by atoms with E-state index in [-0.39, 0.29) is 5.41 Å². The third-order valence-electron chi connectivity index (χ3n) is 2.84. The van der Waals surface area contributed by atoms with Gasteiger partial charge in [0.2, 0.25) is 0 Å². The molecule has 3 rings (SSSR count). The quantitative estimate of drug-likeness (QED) is 0.633. The van der Waals surface area contributed by atoms with Crippen LogP contribution in [0, 0.1) is 6.07 Å². The second kappa shape index (κ2) is 3.95. The first-order valence-electron chi connectivity index (χ1n) is 5.90.